The van der Waals surface area contributed by atoms with Crippen LogP contribution >= 0.6 is 27.5 Å². The molecule has 0 saturated heterocycles. The first-order valence-corrected chi connectivity index (χ1v) is 6.43. The Morgan fingerprint density at radius 1 is 1.28 bits per heavy atom. The van der Waals surface area contributed by atoms with Crippen LogP contribution in [0.3, 0.4) is 0 Å². The normalized spacial score (nSPS) is 12.4. The fourth-order valence-electron chi connectivity index (χ4n) is 1.73. The number of hydrogen-bond acceptors (Lipinski definition) is 2. The van der Waals surface area contributed by atoms with Crippen LogP contribution in [0.25, 0.3) is 0 Å². The molecule has 2 rings (SSSR count). The van der Waals surface area contributed by atoms with Crippen LogP contribution in [0, 0.1) is 0 Å². The molecule has 0 bridgehead atoms. The zero-order valence-corrected chi connectivity index (χ0v) is 11.8. The van der Waals surface area contributed by atoms with E-state index in [1.54, 1.807) is 6.92 Å². The molecule has 0 radical (unpaired) electrons. The molecule has 2 aromatic rings. The predicted octanol–water partition coefficient (Wildman–Crippen LogP) is 2.56. The zero-order chi connectivity index (χ0) is 13.3. The summed E-state index contributed by atoms with van der Waals surface area (Å²) in [5.41, 5.74) is -0.0600. The number of benzene rings is 1. The average Bonchev–Trinajstić information content (AvgIpc) is 2.28. The molecule has 0 aliphatic heterocycles. The van der Waals surface area contributed by atoms with Crippen molar-refractivity contribution < 1.29 is 0 Å². The summed E-state index contributed by atoms with van der Waals surface area (Å²) in [6, 6.07) is 8.27. The van der Waals surface area contributed by atoms with E-state index in [1.807, 2.05) is 24.3 Å². The Bertz CT molecular complexity index is 644. The largest absolute Gasteiger partial charge is 0.330 e. The van der Waals surface area contributed by atoms with Gasteiger partial charge >= 0.3 is 5.69 Å². The van der Waals surface area contributed by atoms with Crippen molar-refractivity contribution >= 4 is 27.5 Å². The van der Waals surface area contributed by atoms with Crippen LogP contribution in [0.2, 0.25) is 5.15 Å². The lowest BCUT2D eigenvalue weighted by molar-refractivity contribution is 0.578. The molecule has 1 heterocycles. The highest BCUT2D eigenvalue weighted by Crippen LogP contribution is 2.18. The molecule has 0 saturated carbocycles. The maximum atomic E-state index is 11.8. The lowest BCUT2D eigenvalue weighted by Gasteiger charge is -2.14. The number of hydrogen-bond donors (Lipinski definition) is 1. The monoisotopic (exact) mass is 328 g/mol. The Kier molecular flexibility index (Phi) is 3.73. The maximum absolute atomic E-state index is 11.8. The number of nitrogens with one attached hydrogen (secondary N) is 1. The summed E-state index contributed by atoms with van der Waals surface area (Å²) < 4.78 is 2.07. The third-order valence-corrected chi connectivity index (χ3v) is 3.40. The molecule has 0 spiro atoms. The van der Waals surface area contributed by atoms with Crippen LogP contribution in [0.15, 0.2) is 44.4 Å². The van der Waals surface area contributed by atoms with Crippen LogP contribution < -0.4 is 11.2 Å². The van der Waals surface area contributed by atoms with Crippen molar-refractivity contribution in [1.82, 2.24) is 9.55 Å². The second-order valence-corrected chi connectivity index (χ2v) is 5.18. The van der Waals surface area contributed by atoms with E-state index in [-0.39, 0.29) is 11.2 Å². The van der Waals surface area contributed by atoms with E-state index in [0.717, 1.165) is 14.6 Å². The summed E-state index contributed by atoms with van der Waals surface area (Å²) in [7, 11) is 0. The fourth-order valence-corrected chi connectivity index (χ4v) is 2.17. The van der Waals surface area contributed by atoms with Gasteiger partial charge in [-0.3, -0.25) is 14.3 Å². The summed E-state index contributed by atoms with van der Waals surface area (Å²) in [5, 5.41) is 0.0456. The molecule has 0 aliphatic carbocycles. The summed E-state index contributed by atoms with van der Waals surface area (Å²) >= 11 is 8.95. The highest BCUT2D eigenvalue weighted by molar-refractivity contribution is 9.10. The van der Waals surface area contributed by atoms with Gasteiger partial charge in [-0.05, 0) is 24.6 Å². The fraction of sp³-hybridized carbons (Fsp3) is 0.167. The van der Waals surface area contributed by atoms with E-state index in [0.29, 0.717) is 0 Å². The lowest BCUT2D eigenvalue weighted by Crippen LogP contribution is -2.37. The van der Waals surface area contributed by atoms with Crippen molar-refractivity contribution in [3.8, 4) is 0 Å². The van der Waals surface area contributed by atoms with Crippen LogP contribution in [-0.2, 0) is 0 Å². The summed E-state index contributed by atoms with van der Waals surface area (Å²) in [4.78, 5) is 26.0. The van der Waals surface area contributed by atoms with Crippen LogP contribution in [0.5, 0.6) is 0 Å². The Balaban J connectivity index is 2.53. The third-order valence-electron chi connectivity index (χ3n) is 2.67. The first-order valence-electron chi connectivity index (χ1n) is 5.26. The van der Waals surface area contributed by atoms with Gasteiger partial charge in [0.2, 0.25) is 0 Å². The number of aromatic nitrogens is 2. The van der Waals surface area contributed by atoms with E-state index in [9.17, 15) is 9.59 Å². The SMILES string of the molecule is CC(c1ccc(Br)cc1)n1c(=O)cc(Cl)[nH]c1=O. The van der Waals surface area contributed by atoms with Crippen molar-refractivity contribution in [2.75, 3.05) is 0 Å². The van der Waals surface area contributed by atoms with E-state index >= 15 is 0 Å². The molecule has 1 atom stereocenters. The molecular weight excluding hydrogens is 320 g/mol. The Morgan fingerprint density at radius 3 is 2.44 bits per heavy atom. The van der Waals surface area contributed by atoms with Gasteiger partial charge in [0, 0.05) is 10.5 Å². The first kappa shape index (κ1) is 13.1. The van der Waals surface area contributed by atoms with Gasteiger partial charge in [-0.1, -0.05) is 39.7 Å². The Hall–Kier alpha value is -1.33. The zero-order valence-electron chi connectivity index (χ0n) is 9.48. The van der Waals surface area contributed by atoms with Crippen molar-refractivity contribution in [2.24, 2.45) is 0 Å². The minimum Gasteiger partial charge on any atom is -0.298 e. The predicted molar refractivity (Wildman–Crippen MR) is 74.3 cm³/mol. The van der Waals surface area contributed by atoms with Gasteiger partial charge in [-0.25, -0.2) is 4.79 Å². The molecule has 6 heteroatoms. The third kappa shape index (κ3) is 2.57. The van der Waals surface area contributed by atoms with Crippen molar-refractivity contribution in [3.63, 3.8) is 0 Å². The van der Waals surface area contributed by atoms with Gasteiger partial charge in [0.15, 0.2) is 0 Å². The highest BCUT2D eigenvalue weighted by Gasteiger charge is 2.13. The summed E-state index contributed by atoms with van der Waals surface area (Å²) in [5.74, 6) is 0. The lowest BCUT2D eigenvalue weighted by atomic mass is 10.1. The first-order chi connectivity index (χ1) is 8.49. The minimum atomic E-state index is -0.511. The Labute approximate surface area is 116 Å². The van der Waals surface area contributed by atoms with Gasteiger partial charge in [0.1, 0.15) is 5.15 Å². The molecule has 1 N–H and O–H groups in total. The summed E-state index contributed by atoms with van der Waals surface area (Å²) in [6.45, 7) is 1.79. The number of H-pyrrole nitrogens is 1. The second-order valence-electron chi connectivity index (χ2n) is 3.86. The quantitative estimate of drug-likeness (QED) is 0.861. The molecule has 0 amide bonds. The van der Waals surface area contributed by atoms with Crippen molar-refractivity contribution in [2.45, 2.75) is 13.0 Å². The maximum Gasteiger partial charge on any atom is 0.330 e. The molecule has 0 aliphatic rings. The van der Waals surface area contributed by atoms with Gasteiger partial charge in [0.05, 0.1) is 6.04 Å². The van der Waals surface area contributed by atoms with E-state index in [4.69, 9.17) is 11.6 Å². The molecule has 1 aromatic carbocycles. The van der Waals surface area contributed by atoms with Crippen LogP contribution in [0.1, 0.15) is 18.5 Å². The van der Waals surface area contributed by atoms with E-state index in [2.05, 4.69) is 20.9 Å². The minimum absolute atomic E-state index is 0.0456. The average molecular weight is 330 g/mol. The number of rotatable bonds is 2. The molecule has 94 valence electrons. The topological polar surface area (TPSA) is 54.9 Å². The molecule has 0 fully saturated rings. The number of halogens is 2. The molecule has 1 aromatic heterocycles. The van der Waals surface area contributed by atoms with E-state index < -0.39 is 11.2 Å². The van der Waals surface area contributed by atoms with Crippen LogP contribution in [-0.4, -0.2) is 9.55 Å². The molecule has 18 heavy (non-hydrogen) atoms. The number of nitrogens with zero attached hydrogens (tertiary/aromatic N) is 1. The molecule has 1 unspecified atom stereocenters. The van der Waals surface area contributed by atoms with Crippen LogP contribution in [0.4, 0.5) is 0 Å². The highest BCUT2D eigenvalue weighted by atomic mass is 79.9. The van der Waals surface area contributed by atoms with E-state index in [1.165, 1.54) is 6.07 Å². The number of aromatic amines is 1. The Morgan fingerprint density at radius 2 is 1.89 bits per heavy atom. The van der Waals surface area contributed by atoms with Crippen molar-refractivity contribution in [1.29, 1.82) is 0 Å². The van der Waals surface area contributed by atoms with Gasteiger partial charge in [-0.2, -0.15) is 0 Å². The molecular formula is C12H10BrClN2O2. The van der Waals surface area contributed by atoms with Gasteiger partial charge < -0.3 is 0 Å². The summed E-state index contributed by atoms with van der Waals surface area (Å²) in [6.07, 6.45) is 0. The standard InChI is InChI=1S/C12H10BrClN2O2/c1-7(8-2-4-9(13)5-3-8)16-11(17)6-10(14)15-12(16)18/h2-7H,1H3,(H,15,18). The van der Waals surface area contributed by atoms with Gasteiger partial charge in [-0.15, -0.1) is 0 Å². The van der Waals surface area contributed by atoms with Crippen molar-refractivity contribution in [3.05, 3.63) is 66.4 Å². The molecule has 4 nitrogen and oxygen atoms in total. The smallest absolute Gasteiger partial charge is 0.298 e. The second kappa shape index (κ2) is 5.12. The van der Waals surface area contributed by atoms with Gasteiger partial charge in [0.25, 0.3) is 5.56 Å².